The van der Waals surface area contributed by atoms with Crippen molar-refractivity contribution >= 4 is 0 Å². The first-order valence-corrected chi connectivity index (χ1v) is 4.31. The second-order valence-corrected chi connectivity index (χ2v) is 3.42. The van der Waals surface area contributed by atoms with E-state index in [1.807, 2.05) is 0 Å². The molecule has 1 saturated heterocycles. The van der Waals surface area contributed by atoms with Gasteiger partial charge in [-0.25, -0.2) is 0 Å². The van der Waals surface area contributed by atoms with E-state index in [0.29, 0.717) is 6.04 Å². The van der Waals surface area contributed by atoms with E-state index in [4.69, 9.17) is 5.11 Å². The maximum absolute atomic E-state index is 9.05. The maximum atomic E-state index is 9.05. The Morgan fingerprint density at radius 1 is 1.45 bits per heavy atom. The Labute approximate surface area is 68.4 Å². The summed E-state index contributed by atoms with van der Waals surface area (Å²) in [5.74, 6) is 0. The van der Waals surface area contributed by atoms with Gasteiger partial charge in [0.1, 0.15) is 6.23 Å². The highest BCUT2D eigenvalue weighted by molar-refractivity contribution is 4.75. The number of aliphatic hydroxyl groups is 1. The van der Waals surface area contributed by atoms with Crippen LogP contribution in [0, 0.1) is 0 Å². The van der Waals surface area contributed by atoms with E-state index in [1.165, 1.54) is 0 Å². The quantitative estimate of drug-likeness (QED) is 0.556. The van der Waals surface area contributed by atoms with E-state index in [2.05, 4.69) is 17.3 Å². The van der Waals surface area contributed by atoms with Crippen LogP contribution >= 0.6 is 0 Å². The maximum Gasteiger partial charge on any atom is 0.102 e. The van der Waals surface area contributed by atoms with Crippen LogP contribution in [0.5, 0.6) is 0 Å². The molecule has 1 aliphatic heterocycles. The minimum Gasteiger partial charge on any atom is -0.379 e. The largest absolute Gasteiger partial charge is 0.379 e. The smallest absolute Gasteiger partial charge is 0.102 e. The van der Waals surface area contributed by atoms with Crippen LogP contribution < -0.4 is 5.32 Å². The van der Waals surface area contributed by atoms with Gasteiger partial charge >= 0.3 is 0 Å². The van der Waals surface area contributed by atoms with E-state index >= 15 is 0 Å². The summed E-state index contributed by atoms with van der Waals surface area (Å²) in [6.07, 6.45) is 1.95. The molecule has 2 N–H and O–H groups in total. The molecule has 1 aliphatic rings. The molecule has 1 atom stereocenters. The van der Waals surface area contributed by atoms with Crippen molar-refractivity contribution in [3.63, 3.8) is 0 Å². The van der Waals surface area contributed by atoms with Gasteiger partial charge in [0.2, 0.25) is 0 Å². The molecule has 0 radical (unpaired) electrons. The number of hydrogen-bond acceptors (Lipinski definition) is 3. The summed E-state index contributed by atoms with van der Waals surface area (Å²) in [6, 6.07) is 0.520. The van der Waals surface area contributed by atoms with Crippen molar-refractivity contribution in [3.05, 3.63) is 0 Å². The van der Waals surface area contributed by atoms with Crippen LogP contribution in [-0.4, -0.2) is 42.4 Å². The summed E-state index contributed by atoms with van der Waals surface area (Å²) in [5, 5.41) is 12.2. The molecule has 0 spiro atoms. The predicted molar refractivity (Wildman–Crippen MR) is 45.3 cm³/mol. The van der Waals surface area contributed by atoms with Crippen molar-refractivity contribution in [1.82, 2.24) is 10.2 Å². The standard InChI is InChI=1S/C8H18N2O/c1-7(11)9-8-3-5-10(2)6-4-8/h7-9,11H,3-6H2,1-2H3. The Kier molecular flexibility index (Phi) is 3.30. The molecule has 1 heterocycles. The molecule has 0 aliphatic carbocycles. The van der Waals surface area contributed by atoms with Crippen LogP contribution in [0.4, 0.5) is 0 Å². The highest BCUT2D eigenvalue weighted by Gasteiger charge is 2.16. The van der Waals surface area contributed by atoms with Crippen molar-refractivity contribution in [2.45, 2.75) is 32.0 Å². The number of nitrogens with zero attached hydrogens (tertiary/aromatic N) is 1. The summed E-state index contributed by atoms with van der Waals surface area (Å²) in [7, 11) is 2.14. The molecule has 0 saturated carbocycles. The van der Waals surface area contributed by atoms with Crippen molar-refractivity contribution < 1.29 is 5.11 Å². The Morgan fingerprint density at radius 3 is 2.45 bits per heavy atom. The van der Waals surface area contributed by atoms with Crippen LogP contribution in [0.25, 0.3) is 0 Å². The summed E-state index contributed by atoms with van der Waals surface area (Å²) >= 11 is 0. The fourth-order valence-electron chi connectivity index (χ4n) is 1.52. The molecular formula is C8H18N2O. The molecule has 3 heteroatoms. The highest BCUT2D eigenvalue weighted by atomic mass is 16.3. The van der Waals surface area contributed by atoms with Crippen LogP contribution in [0.1, 0.15) is 19.8 Å². The first kappa shape index (κ1) is 8.97. The number of rotatable bonds is 2. The fourth-order valence-corrected chi connectivity index (χ4v) is 1.52. The molecule has 0 amide bonds. The Balaban J connectivity index is 2.17. The number of piperidine rings is 1. The monoisotopic (exact) mass is 158 g/mol. The molecule has 1 rings (SSSR count). The van der Waals surface area contributed by atoms with E-state index in [1.54, 1.807) is 6.92 Å². The molecular weight excluding hydrogens is 140 g/mol. The molecule has 0 aromatic carbocycles. The average Bonchev–Trinajstić information content (AvgIpc) is 1.93. The van der Waals surface area contributed by atoms with E-state index in [-0.39, 0.29) is 6.23 Å². The van der Waals surface area contributed by atoms with Crippen molar-refractivity contribution in [2.75, 3.05) is 20.1 Å². The first-order chi connectivity index (χ1) is 5.18. The molecule has 0 aromatic heterocycles. The van der Waals surface area contributed by atoms with Gasteiger partial charge in [-0.05, 0) is 39.9 Å². The van der Waals surface area contributed by atoms with Gasteiger partial charge in [0.25, 0.3) is 0 Å². The van der Waals surface area contributed by atoms with Gasteiger partial charge in [-0.2, -0.15) is 0 Å². The van der Waals surface area contributed by atoms with Crippen molar-refractivity contribution in [3.8, 4) is 0 Å². The number of nitrogens with one attached hydrogen (secondary N) is 1. The van der Waals surface area contributed by atoms with Crippen LogP contribution in [-0.2, 0) is 0 Å². The number of aliphatic hydroxyl groups excluding tert-OH is 1. The molecule has 0 bridgehead atoms. The first-order valence-electron chi connectivity index (χ1n) is 4.31. The molecule has 3 nitrogen and oxygen atoms in total. The third-order valence-electron chi connectivity index (χ3n) is 2.20. The minimum absolute atomic E-state index is 0.358. The topological polar surface area (TPSA) is 35.5 Å². The van der Waals surface area contributed by atoms with E-state index < -0.39 is 0 Å². The summed E-state index contributed by atoms with van der Waals surface area (Å²) in [4.78, 5) is 2.32. The number of hydrogen-bond donors (Lipinski definition) is 2. The Hall–Kier alpha value is -0.120. The average molecular weight is 158 g/mol. The lowest BCUT2D eigenvalue weighted by molar-refractivity contribution is 0.118. The predicted octanol–water partition coefficient (Wildman–Crippen LogP) is 0.00850. The van der Waals surface area contributed by atoms with Crippen LogP contribution in [0.15, 0.2) is 0 Å². The SMILES string of the molecule is CC(O)NC1CCN(C)CC1. The van der Waals surface area contributed by atoms with E-state index in [9.17, 15) is 0 Å². The van der Waals surface area contributed by atoms with Gasteiger partial charge in [-0.3, -0.25) is 5.32 Å². The van der Waals surface area contributed by atoms with Gasteiger partial charge < -0.3 is 10.0 Å². The highest BCUT2D eigenvalue weighted by Crippen LogP contribution is 2.08. The van der Waals surface area contributed by atoms with Gasteiger partial charge in [-0.1, -0.05) is 0 Å². The number of likely N-dealkylation sites (tertiary alicyclic amines) is 1. The lowest BCUT2D eigenvalue weighted by Crippen LogP contribution is -2.44. The lowest BCUT2D eigenvalue weighted by Gasteiger charge is -2.30. The summed E-state index contributed by atoms with van der Waals surface area (Å²) in [5.41, 5.74) is 0. The summed E-state index contributed by atoms with van der Waals surface area (Å²) in [6.45, 7) is 4.06. The van der Waals surface area contributed by atoms with E-state index in [0.717, 1.165) is 25.9 Å². The van der Waals surface area contributed by atoms with Gasteiger partial charge in [-0.15, -0.1) is 0 Å². The lowest BCUT2D eigenvalue weighted by atomic mass is 10.1. The second kappa shape index (κ2) is 4.04. The van der Waals surface area contributed by atoms with Crippen LogP contribution in [0.2, 0.25) is 0 Å². The molecule has 1 fully saturated rings. The zero-order valence-electron chi connectivity index (χ0n) is 7.38. The minimum atomic E-state index is -0.358. The third-order valence-corrected chi connectivity index (χ3v) is 2.20. The molecule has 11 heavy (non-hydrogen) atoms. The van der Waals surface area contributed by atoms with Crippen LogP contribution in [0.3, 0.4) is 0 Å². The third kappa shape index (κ3) is 3.18. The van der Waals surface area contributed by atoms with Gasteiger partial charge in [0.15, 0.2) is 0 Å². The molecule has 0 aromatic rings. The molecule has 1 unspecified atom stereocenters. The molecule has 66 valence electrons. The zero-order chi connectivity index (χ0) is 8.27. The second-order valence-electron chi connectivity index (χ2n) is 3.42. The van der Waals surface area contributed by atoms with Crippen molar-refractivity contribution in [2.24, 2.45) is 0 Å². The fraction of sp³-hybridized carbons (Fsp3) is 1.00. The summed E-state index contributed by atoms with van der Waals surface area (Å²) < 4.78 is 0. The normalized spacial score (nSPS) is 25.4. The Morgan fingerprint density at radius 2 is 2.00 bits per heavy atom. The van der Waals surface area contributed by atoms with Gasteiger partial charge in [0.05, 0.1) is 0 Å². The zero-order valence-corrected chi connectivity index (χ0v) is 7.38. The van der Waals surface area contributed by atoms with Crippen molar-refractivity contribution in [1.29, 1.82) is 0 Å². The Bertz CT molecular complexity index is 109. The van der Waals surface area contributed by atoms with Gasteiger partial charge in [0, 0.05) is 6.04 Å².